The molecule has 0 saturated heterocycles. The van der Waals surface area contributed by atoms with Gasteiger partial charge < -0.3 is 16.0 Å². The SMILES string of the molecule is CCN(C)c1cc(NCCC(C)(C)N)nc(C)n1. The van der Waals surface area contributed by atoms with E-state index in [0.717, 1.165) is 37.0 Å². The van der Waals surface area contributed by atoms with Crippen molar-refractivity contribution in [1.29, 1.82) is 0 Å². The van der Waals surface area contributed by atoms with Crippen molar-refractivity contribution < 1.29 is 0 Å². The van der Waals surface area contributed by atoms with Gasteiger partial charge in [0.1, 0.15) is 17.5 Å². The highest BCUT2D eigenvalue weighted by atomic mass is 15.2. The standard InChI is InChI=1S/C13H25N5/c1-6-18(5)12-9-11(16-10(2)17-12)15-8-7-13(3,4)14/h9H,6-8,14H2,1-5H3,(H,15,16,17). The molecule has 0 spiro atoms. The van der Waals surface area contributed by atoms with Gasteiger partial charge in [0.05, 0.1) is 0 Å². The maximum atomic E-state index is 5.95. The predicted octanol–water partition coefficient (Wildman–Crippen LogP) is 1.78. The molecular formula is C13H25N5. The van der Waals surface area contributed by atoms with Crippen molar-refractivity contribution in [2.45, 2.75) is 39.7 Å². The molecule has 1 heterocycles. The Bertz CT molecular complexity index is 383. The van der Waals surface area contributed by atoms with E-state index in [1.165, 1.54) is 0 Å². The van der Waals surface area contributed by atoms with Gasteiger partial charge in [-0.1, -0.05) is 0 Å². The maximum absolute atomic E-state index is 5.95. The molecule has 0 aromatic carbocycles. The number of aryl methyl sites for hydroxylation is 1. The van der Waals surface area contributed by atoms with Gasteiger partial charge in [-0.3, -0.25) is 0 Å². The second-order valence-corrected chi connectivity index (χ2v) is 5.34. The van der Waals surface area contributed by atoms with Gasteiger partial charge in [-0.2, -0.15) is 0 Å². The molecule has 0 aliphatic heterocycles. The summed E-state index contributed by atoms with van der Waals surface area (Å²) in [5.74, 6) is 2.59. The molecule has 0 aliphatic carbocycles. The summed E-state index contributed by atoms with van der Waals surface area (Å²) in [6.07, 6.45) is 0.898. The van der Waals surface area contributed by atoms with Gasteiger partial charge in [0.15, 0.2) is 0 Å². The maximum Gasteiger partial charge on any atom is 0.134 e. The molecule has 0 fully saturated rings. The first-order chi connectivity index (χ1) is 8.31. The van der Waals surface area contributed by atoms with Crippen LogP contribution in [0.4, 0.5) is 11.6 Å². The number of rotatable bonds is 6. The molecule has 0 saturated carbocycles. The first-order valence-electron chi connectivity index (χ1n) is 6.41. The normalized spacial score (nSPS) is 11.4. The number of hydrogen-bond donors (Lipinski definition) is 2. The third-order valence-corrected chi connectivity index (χ3v) is 2.77. The molecule has 1 rings (SSSR count). The summed E-state index contributed by atoms with van der Waals surface area (Å²) < 4.78 is 0. The minimum absolute atomic E-state index is 0.155. The van der Waals surface area contributed by atoms with Crippen LogP contribution in [0.3, 0.4) is 0 Å². The van der Waals surface area contributed by atoms with Crippen molar-refractivity contribution >= 4 is 11.6 Å². The fraction of sp³-hybridized carbons (Fsp3) is 0.692. The highest BCUT2D eigenvalue weighted by molar-refractivity contribution is 5.48. The van der Waals surface area contributed by atoms with Crippen LogP contribution in [-0.2, 0) is 0 Å². The minimum Gasteiger partial charge on any atom is -0.370 e. The van der Waals surface area contributed by atoms with Crippen LogP contribution in [0, 0.1) is 6.92 Å². The molecule has 102 valence electrons. The molecule has 5 heteroatoms. The molecule has 1 aromatic rings. The molecule has 0 radical (unpaired) electrons. The number of aromatic nitrogens is 2. The van der Waals surface area contributed by atoms with Crippen LogP contribution < -0.4 is 16.0 Å². The zero-order valence-electron chi connectivity index (χ0n) is 12.1. The Hall–Kier alpha value is -1.36. The monoisotopic (exact) mass is 251 g/mol. The fourth-order valence-electron chi connectivity index (χ4n) is 1.51. The Morgan fingerprint density at radius 3 is 2.61 bits per heavy atom. The Kier molecular flexibility index (Phi) is 4.90. The quantitative estimate of drug-likeness (QED) is 0.806. The zero-order chi connectivity index (χ0) is 13.8. The van der Waals surface area contributed by atoms with Crippen molar-refractivity contribution in [2.75, 3.05) is 30.4 Å². The molecule has 18 heavy (non-hydrogen) atoms. The van der Waals surface area contributed by atoms with E-state index in [2.05, 4.69) is 27.1 Å². The largest absolute Gasteiger partial charge is 0.370 e. The summed E-state index contributed by atoms with van der Waals surface area (Å²) in [6, 6.07) is 1.97. The van der Waals surface area contributed by atoms with Crippen molar-refractivity contribution in [2.24, 2.45) is 5.73 Å². The lowest BCUT2D eigenvalue weighted by atomic mass is 10.0. The Balaban J connectivity index is 2.68. The van der Waals surface area contributed by atoms with Gasteiger partial charge in [-0.25, -0.2) is 9.97 Å². The van der Waals surface area contributed by atoms with Crippen LogP contribution in [0.2, 0.25) is 0 Å². The zero-order valence-corrected chi connectivity index (χ0v) is 12.1. The van der Waals surface area contributed by atoms with Gasteiger partial charge in [0, 0.05) is 31.7 Å². The summed E-state index contributed by atoms with van der Waals surface area (Å²) in [4.78, 5) is 10.9. The van der Waals surface area contributed by atoms with Crippen molar-refractivity contribution in [3.05, 3.63) is 11.9 Å². The highest BCUT2D eigenvalue weighted by Gasteiger charge is 2.10. The molecule has 0 amide bonds. The molecular weight excluding hydrogens is 226 g/mol. The number of hydrogen-bond acceptors (Lipinski definition) is 5. The van der Waals surface area contributed by atoms with Crippen molar-refractivity contribution in [1.82, 2.24) is 9.97 Å². The van der Waals surface area contributed by atoms with E-state index in [9.17, 15) is 0 Å². The predicted molar refractivity (Wildman–Crippen MR) is 77.1 cm³/mol. The Labute approximate surface area is 110 Å². The fourth-order valence-corrected chi connectivity index (χ4v) is 1.51. The number of nitrogens with zero attached hydrogens (tertiary/aromatic N) is 3. The highest BCUT2D eigenvalue weighted by Crippen LogP contribution is 2.15. The van der Waals surface area contributed by atoms with E-state index in [0.29, 0.717) is 0 Å². The van der Waals surface area contributed by atoms with Crippen LogP contribution in [0.1, 0.15) is 33.0 Å². The van der Waals surface area contributed by atoms with Gasteiger partial charge in [-0.15, -0.1) is 0 Å². The summed E-state index contributed by atoms with van der Waals surface area (Å²) in [5.41, 5.74) is 5.79. The Morgan fingerprint density at radius 2 is 2.06 bits per heavy atom. The van der Waals surface area contributed by atoms with E-state index in [-0.39, 0.29) is 5.54 Å². The average molecular weight is 251 g/mol. The summed E-state index contributed by atoms with van der Waals surface area (Å²) >= 11 is 0. The molecule has 0 unspecified atom stereocenters. The van der Waals surface area contributed by atoms with Crippen LogP contribution in [0.5, 0.6) is 0 Å². The molecule has 0 bridgehead atoms. The topological polar surface area (TPSA) is 67.1 Å². The smallest absolute Gasteiger partial charge is 0.134 e. The summed E-state index contributed by atoms with van der Waals surface area (Å²) in [6.45, 7) is 9.79. The van der Waals surface area contributed by atoms with Crippen LogP contribution >= 0.6 is 0 Å². The number of nitrogens with one attached hydrogen (secondary N) is 1. The minimum atomic E-state index is -0.155. The lowest BCUT2D eigenvalue weighted by Crippen LogP contribution is -2.34. The van der Waals surface area contributed by atoms with E-state index in [1.807, 2.05) is 33.9 Å². The van der Waals surface area contributed by atoms with Gasteiger partial charge in [-0.05, 0) is 34.1 Å². The van der Waals surface area contributed by atoms with Crippen molar-refractivity contribution in [3.63, 3.8) is 0 Å². The van der Waals surface area contributed by atoms with Crippen LogP contribution in [-0.4, -0.2) is 35.6 Å². The van der Waals surface area contributed by atoms with E-state index in [4.69, 9.17) is 5.73 Å². The molecule has 0 aliphatic rings. The summed E-state index contributed by atoms with van der Waals surface area (Å²) in [5, 5.41) is 3.30. The van der Waals surface area contributed by atoms with E-state index < -0.39 is 0 Å². The Morgan fingerprint density at radius 1 is 1.39 bits per heavy atom. The first kappa shape index (κ1) is 14.7. The van der Waals surface area contributed by atoms with Crippen LogP contribution in [0.25, 0.3) is 0 Å². The lowest BCUT2D eigenvalue weighted by Gasteiger charge is -2.20. The third kappa shape index (κ3) is 4.87. The van der Waals surface area contributed by atoms with Gasteiger partial charge in [0.25, 0.3) is 0 Å². The molecule has 3 N–H and O–H groups in total. The lowest BCUT2D eigenvalue weighted by molar-refractivity contribution is 0.490. The number of anilines is 2. The van der Waals surface area contributed by atoms with Crippen LogP contribution in [0.15, 0.2) is 6.07 Å². The number of nitrogens with two attached hydrogens (primary N) is 1. The second kappa shape index (κ2) is 6.00. The molecule has 5 nitrogen and oxygen atoms in total. The van der Waals surface area contributed by atoms with Crippen molar-refractivity contribution in [3.8, 4) is 0 Å². The first-order valence-corrected chi connectivity index (χ1v) is 6.41. The molecule has 0 atom stereocenters. The molecule has 1 aromatic heterocycles. The summed E-state index contributed by atoms with van der Waals surface area (Å²) in [7, 11) is 2.02. The van der Waals surface area contributed by atoms with Gasteiger partial charge in [0.2, 0.25) is 0 Å². The third-order valence-electron chi connectivity index (χ3n) is 2.77. The van der Waals surface area contributed by atoms with E-state index >= 15 is 0 Å². The average Bonchev–Trinajstić information content (AvgIpc) is 2.25. The van der Waals surface area contributed by atoms with Gasteiger partial charge >= 0.3 is 0 Å². The second-order valence-electron chi connectivity index (χ2n) is 5.34. The van der Waals surface area contributed by atoms with E-state index in [1.54, 1.807) is 0 Å².